The molecule has 37 heavy (non-hydrogen) atoms. The van der Waals surface area contributed by atoms with Crippen LogP contribution in [-0.2, 0) is 14.3 Å². The molecule has 0 bridgehead atoms. The van der Waals surface area contributed by atoms with Gasteiger partial charge >= 0.3 is 6.09 Å². The number of alkyl carbamates (subject to hydrolysis) is 1. The quantitative estimate of drug-likeness (QED) is 0.404. The smallest absolute Gasteiger partial charge is 0.408 e. The molecule has 1 fully saturated rings. The standard InChI is InChI=1S/C29H47N3O4S/c1-19(2)32(27(34)24(16-17-37-8)31-28(35)36-29(5,6)7)25(23-18-20(3)14-15-21(23)4)26(33)30-22-12-10-9-11-13-22/h14-15,18-19,22,24-25H,9-13,16-17H2,1-8H3,(H,30,33)(H,31,35). The predicted molar refractivity (Wildman–Crippen MR) is 152 cm³/mol. The molecule has 2 atom stereocenters. The van der Waals surface area contributed by atoms with E-state index in [4.69, 9.17) is 4.74 Å². The van der Waals surface area contributed by atoms with Gasteiger partial charge in [0.25, 0.3) is 0 Å². The topological polar surface area (TPSA) is 87.7 Å². The first-order valence-electron chi connectivity index (χ1n) is 13.5. The summed E-state index contributed by atoms with van der Waals surface area (Å²) in [5, 5.41) is 6.06. The average Bonchev–Trinajstić information content (AvgIpc) is 2.80. The van der Waals surface area contributed by atoms with E-state index in [-0.39, 0.29) is 23.9 Å². The zero-order valence-electron chi connectivity index (χ0n) is 24.0. The Kier molecular flexibility index (Phi) is 11.8. The number of thioether (sulfide) groups is 1. The Morgan fingerprint density at radius 3 is 2.32 bits per heavy atom. The molecule has 3 amide bonds. The molecule has 0 aliphatic heterocycles. The molecule has 7 nitrogen and oxygen atoms in total. The molecule has 0 spiro atoms. The lowest BCUT2D eigenvalue weighted by Gasteiger charge is -2.38. The molecular formula is C29H47N3O4S. The highest BCUT2D eigenvalue weighted by atomic mass is 32.2. The van der Waals surface area contributed by atoms with Gasteiger partial charge in [0, 0.05) is 12.1 Å². The number of amides is 3. The molecule has 1 aliphatic carbocycles. The third-order valence-electron chi connectivity index (χ3n) is 6.62. The van der Waals surface area contributed by atoms with Crippen molar-refractivity contribution in [3.05, 3.63) is 34.9 Å². The Morgan fingerprint density at radius 2 is 1.76 bits per heavy atom. The predicted octanol–water partition coefficient (Wildman–Crippen LogP) is 5.68. The van der Waals surface area contributed by atoms with E-state index in [1.54, 1.807) is 37.4 Å². The number of aryl methyl sites for hydroxylation is 2. The minimum Gasteiger partial charge on any atom is -0.444 e. The summed E-state index contributed by atoms with van der Waals surface area (Å²) in [5.41, 5.74) is 2.11. The lowest BCUT2D eigenvalue weighted by molar-refractivity contribution is -0.145. The van der Waals surface area contributed by atoms with Gasteiger partial charge in [-0.15, -0.1) is 0 Å². The normalized spacial score (nSPS) is 16.1. The monoisotopic (exact) mass is 533 g/mol. The summed E-state index contributed by atoms with van der Waals surface area (Å²) in [4.78, 5) is 42.4. The fraction of sp³-hybridized carbons (Fsp3) is 0.690. The number of rotatable bonds is 10. The molecule has 8 heteroatoms. The van der Waals surface area contributed by atoms with Gasteiger partial charge in [0.2, 0.25) is 11.8 Å². The fourth-order valence-electron chi connectivity index (χ4n) is 4.80. The first-order chi connectivity index (χ1) is 17.3. The number of ether oxygens (including phenoxy) is 1. The molecule has 0 saturated heterocycles. The maximum atomic E-state index is 14.2. The van der Waals surface area contributed by atoms with Crippen molar-refractivity contribution in [1.82, 2.24) is 15.5 Å². The van der Waals surface area contributed by atoms with Crippen LogP contribution in [0, 0.1) is 13.8 Å². The Balaban J connectivity index is 2.48. The van der Waals surface area contributed by atoms with Gasteiger partial charge in [-0.2, -0.15) is 11.8 Å². The van der Waals surface area contributed by atoms with Gasteiger partial charge in [-0.25, -0.2) is 4.79 Å². The number of nitrogens with one attached hydrogen (secondary N) is 2. The van der Waals surface area contributed by atoms with E-state index in [0.717, 1.165) is 42.4 Å². The number of carbonyl (C=O) groups is 3. The van der Waals surface area contributed by atoms with E-state index in [1.807, 2.05) is 52.1 Å². The molecule has 1 aromatic rings. The zero-order chi connectivity index (χ0) is 27.8. The molecule has 0 heterocycles. The van der Waals surface area contributed by atoms with Gasteiger partial charge in [0.05, 0.1) is 0 Å². The van der Waals surface area contributed by atoms with E-state index in [0.29, 0.717) is 12.2 Å². The number of hydrogen-bond acceptors (Lipinski definition) is 5. The average molecular weight is 534 g/mol. The van der Waals surface area contributed by atoms with Crippen molar-refractivity contribution in [2.75, 3.05) is 12.0 Å². The van der Waals surface area contributed by atoms with Gasteiger partial charge in [-0.1, -0.05) is 43.0 Å². The van der Waals surface area contributed by atoms with E-state index < -0.39 is 23.8 Å². The molecular weight excluding hydrogens is 486 g/mol. The Hall–Kier alpha value is -2.22. The number of benzene rings is 1. The van der Waals surface area contributed by atoms with Crippen LogP contribution in [0.15, 0.2) is 18.2 Å². The van der Waals surface area contributed by atoms with Crippen LogP contribution < -0.4 is 10.6 Å². The lowest BCUT2D eigenvalue weighted by atomic mass is 9.92. The van der Waals surface area contributed by atoms with E-state index in [2.05, 4.69) is 10.6 Å². The van der Waals surface area contributed by atoms with Crippen molar-refractivity contribution in [1.29, 1.82) is 0 Å². The second-order valence-electron chi connectivity index (χ2n) is 11.4. The number of nitrogens with zero attached hydrogens (tertiary/aromatic N) is 1. The van der Waals surface area contributed by atoms with Crippen molar-refractivity contribution < 1.29 is 19.1 Å². The van der Waals surface area contributed by atoms with Crippen LogP contribution in [0.2, 0.25) is 0 Å². The van der Waals surface area contributed by atoms with Gasteiger partial charge in [-0.05, 0) is 90.9 Å². The molecule has 2 unspecified atom stereocenters. The second-order valence-corrected chi connectivity index (χ2v) is 12.4. The lowest BCUT2D eigenvalue weighted by Crippen LogP contribution is -2.56. The van der Waals surface area contributed by atoms with Gasteiger partial charge in [-0.3, -0.25) is 9.59 Å². The highest BCUT2D eigenvalue weighted by Crippen LogP contribution is 2.30. The van der Waals surface area contributed by atoms with Crippen LogP contribution in [0.1, 0.15) is 95.9 Å². The largest absolute Gasteiger partial charge is 0.444 e. The molecule has 1 aromatic carbocycles. The summed E-state index contributed by atoms with van der Waals surface area (Å²) < 4.78 is 5.46. The van der Waals surface area contributed by atoms with Gasteiger partial charge in [0.15, 0.2) is 0 Å². The highest BCUT2D eigenvalue weighted by Gasteiger charge is 2.39. The maximum absolute atomic E-state index is 14.2. The molecule has 0 radical (unpaired) electrons. The van der Waals surface area contributed by atoms with Crippen LogP contribution in [0.4, 0.5) is 4.79 Å². The third-order valence-corrected chi connectivity index (χ3v) is 7.26. The van der Waals surface area contributed by atoms with Crippen molar-refractivity contribution >= 4 is 29.7 Å². The van der Waals surface area contributed by atoms with E-state index in [1.165, 1.54) is 6.42 Å². The van der Waals surface area contributed by atoms with Crippen LogP contribution >= 0.6 is 11.8 Å². The highest BCUT2D eigenvalue weighted by molar-refractivity contribution is 7.98. The molecule has 1 saturated carbocycles. The van der Waals surface area contributed by atoms with E-state index in [9.17, 15) is 14.4 Å². The second kappa shape index (κ2) is 14.1. The van der Waals surface area contributed by atoms with Crippen molar-refractivity contribution in [3.8, 4) is 0 Å². The van der Waals surface area contributed by atoms with E-state index >= 15 is 0 Å². The first kappa shape index (κ1) is 31.0. The third kappa shape index (κ3) is 9.55. The molecule has 0 aromatic heterocycles. The molecule has 2 N–H and O–H groups in total. The van der Waals surface area contributed by atoms with Crippen LogP contribution in [0.3, 0.4) is 0 Å². The van der Waals surface area contributed by atoms with Gasteiger partial charge < -0.3 is 20.3 Å². The van der Waals surface area contributed by atoms with Crippen LogP contribution in [0.5, 0.6) is 0 Å². The van der Waals surface area contributed by atoms with Gasteiger partial charge in [0.1, 0.15) is 17.7 Å². The first-order valence-corrected chi connectivity index (χ1v) is 14.9. The summed E-state index contributed by atoms with van der Waals surface area (Å²) in [6.07, 6.45) is 7.07. The Morgan fingerprint density at radius 1 is 1.11 bits per heavy atom. The molecule has 2 rings (SSSR count). The number of hydrogen-bond donors (Lipinski definition) is 2. The Bertz CT molecular complexity index is 922. The van der Waals surface area contributed by atoms with Crippen LogP contribution in [0.25, 0.3) is 0 Å². The SMILES string of the molecule is CSCCC(NC(=O)OC(C)(C)C)C(=O)N(C(C)C)C(C(=O)NC1CCCCC1)c1cc(C)ccc1C. The van der Waals surface area contributed by atoms with Crippen molar-refractivity contribution in [2.24, 2.45) is 0 Å². The summed E-state index contributed by atoms with van der Waals surface area (Å²) in [6.45, 7) is 13.2. The van der Waals surface area contributed by atoms with Crippen LogP contribution in [-0.4, -0.2) is 58.5 Å². The zero-order valence-corrected chi connectivity index (χ0v) is 24.8. The fourth-order valence-corrected chi connectivity index (χ4v) is 5.27. The maximum Gasteiger partial charge on any atom is 0.408 e. The summed E-state index contributed by atoms with van der Waals surface area (Å²) in [7, 11) is 0. The summed E-state index contributed by atoms with van der Waals surface area (Å²) in [6, 6.07) is 4.25. The molecule has 208 valence electrons. The Labute approximate surface area is 227 Å². The number of carbonyl (C=O) groups excluding carboxylic acids is 3. The minimum atomic E-state index is -0.806. The summed E-state index contributed by atoms with van der Waals surface area (Å²) >= 11 is 1.60. The minimum absolute atomic E-state index is 0.116. The van der Waals surface area contributed by atoms with Crippen molar-refractivity contribution in [2.45, 2.75) is 117 Å². The van der Waals surface area contributed by atoms with Crippen molar-refractivity contribution in [3.63, 3.8) is 0 Å². The summed E-state index contributed by atoms with van der Waals surface area (Å²) in [5.74, 6) is 0.240. The molecule has 1 aliphatic rings.